The molecule has 3 aliphatic rings. The van der Waals surface area contributed by atoms with Gasteiger partial charge in [0.1, 0.15) is 19.0 Å². The number of carbonyl (C=O) groups excluding carboxylic acids is 1. The minimum atomic E-state index is -4.43. The van der Waals surface area contributed by atoms with Crippen LogP contribution in [0, 0.1) is 5.92 Å². The monoisotopic (exact) mass is 408 g/mol. The molecule has 0 spiro atoms. The normalized spacial score (nSPS) is 23.1. The number of anilines is 2. The molecule has 2 unspecified atom stereocenters. The number of hydrogen-bond acceptors (Lipinski definition) is 5. The smallest absolute Gasteiger partial charge is 0.410 e. The van der Waals surface area contributed by atoms with Crippen molar-refractivity contribution >= 4 is 17.4 Å². The van der Waals surface area contributed by atoms with E-state index in [0.29, 0.717) is 30.4 Å². The van der Waals surface area contributed by atoms with Crippen molar-refractivity contribution in [1.29, 1.82) is 0 Å². The summed E-state index contributed by atoms with van der Waals surface area (Å²) in [6, 6.07) is 4.31. The first-order valence-corrected chi connectivity index (χ1v) is 9.52. The number of nitrogens with zero attached hydrogens (tertiary/aromatic N) is 2. The van der Waals surface area contributed by atoms with Gasteiger partial charge in [-0.15, -0.1) is 0 Å². The Kier molecular flexibility index (Phi) is 4.11. The lowest BCUT2D eigenvalue weighted by Gasteiger charge is -2.33. The minimum absolute atomic E-state index is 0.0758. The standard InChI is InChI=1S/C19H19F3N4O3/c20-19(21,22)16-8-12(10-1-2-10)24-17-9-13(25-26(16)17)18(27)23-11-3-4-14-15(7-11)29-6-5-28-14/h3-4,7,9-10,12,16,24H,1-2,5-6,8H2,(H,23,27). The number of nitrogens with one attached hydrogen (secondary N) is 2. The zero-order valence-electron chi connectivity index (χ0n) is 15.3. The van der Waals surface area contributed by atoms with E-state index in [1.807, 2.05) is 0 Å². The lowest BCUT2D eigenvalue weighted by atomic mass is 10.0. The average molecular weight is 408 g/mol. The Morgan fingerprint density at radius 1 is 1.17 bits per heavy atom. The van der Waals surface area contributed by atoms with Crippen molar-refractivity contribution in [2.75, 3.05) is 23.8 Å². The molecule has 5 rings (SSSR count). The molecule has 1 aromatic heterocycles. The highest BCUT2D eigenvalue weighted by atomic mass is 19.4. The van der Waals surface area contributed by atoms with Crippen molar-refractivity contribution in [3.8, 4) is 11.5 Å². The second kappa shape index (κ2) is 6.57. The number of amides is 1. The van der Waals surface area contributed by atoms with E-state index in [4.69, 9.17) is 9.47 Å². The van der Waals surface area contributed by atoms with Gasteiger partial charge in [-0.1, -0.05) is 0 Å². The third-order valence-electron chi connectivity index (χ3n) is 5.44. The first kappa shape index (κ1) is 18.1. The van der Waals surface area contributed by atoms with E-state index in [9.17, 15) is 18.0 Å². The topological polar surface area (TPSA) is 77.4 Å². The van der Waals surface area contributed by atoms with Crippen molar-refractivity contribution in [2.45, 2.75) is 37.5 Å². The van der Waals surface area contributed by atoms with Gasteiger partial charge in [-0.3, -0.25) is 4.79 Å². The van der Waals surface area contributed by atoms with Gasteiger partial charge in [0.15, 0.2) is 23.2 Å². The number of halogens is 3. The fraction of sp³-hybridized carbons (Fsp3) is 0.474. The molecule has 2 aliphatic heterocycles. The highest BCUT2D eigenvalue weighted by molar-refractivity contribution is 6.03. The van der Waals surface area contributed by atoms with Crippen LogP contribution in [0.5, 0.6) is 11.5 Å². The van der Waals surface area contributed by atoms with Gasteiger partial charge < -0.3 is 20.1 Å². The Balaban J connectivity index is 1.39. The number of ether oxygens (including phenoxy) is 2. The Morgan fingerprint density at radius 2 is 1.93 bits per heavy atom. The fourth-order valence-corrected chi connectivity index (χ4v) is 3.84. The molecule has 1 aromatic carbocycles. The van der Waals surface area contributed by atoms with Gasteiger partial charge in [-0.2, -0.15) is 18.3 Å². The van der Waals surface area contributed by atoms with E-state index in [-0.39, 0.29) is 29.9 Å². The van der Waals surface area contributed by atoms with Crippen molar-refractivity contribution < 1.29 is 27.4 Å². The molecule has 0 radical (unpaired) electrons. The molecule has 1 amide bonds. The highest BCUT2D eigenvalue weighted by Gasteiger charge is 2.49. The van der Waals surface area contributed by atoms with Crippen LogP contribution in [0.15, 0.2) is 24.3 Å². The number of rotatable bonds is 3. The summed E-state index contributed by atoms with van der Waals surface area (Å²) in [7, 11) is 0. The quantitative estimate of drug-likeness (QED) is 0.812. The molecule has 7 nitrogen and oxygen atoms in total. The van der Waals surface area contributed by atoms with Crippen LogP contribution in [0.3, 0.4) is 0 Å². The van der Waals surface area contributed by atoms with Crippen LogP contribution >= 0.6 is 0 Å². The second-order valence-corrected chi connectivity index (χ2v) is 7.55. The molecule has 2 N–H and O–H groups in total. The minimum Gasteiger partial charge on any atom is -0.486 e. The van der Waals surface area contributed by atoms with Crippen molar-refractivity contribution in [2.24, 2.45) is 5.92 Å². The molecule has 2 aromatic rings. The maximum absolute atomic E-state index is 13.6. The third-order valence-corrected chi connectivity index (χ3v) is 5.44. The van der Waals surface area contributed by atoms with E-state index in [1.54, 1.807) is 18.2 Å². The predicted molar refractivity (Wildman–Crippen MR) is 97.5 cm³/mol. The van der Waals surface area contributed by atoms with Crippen molar-refractivity contribution in [3.63, 3.8) is 0 Å². The summed E-state index contributed by atoms with van der Waals surface area (Å²) in [6.45, 7) is 0.860. The fourth-order valence-electron chi connectivity index (χ4n) is 3.84. The summed E-state index contributed by atoms with van der Waals surface area (Å²) in [5.41, 5.74) is 0.370. The van der Waals surface area contributed by atoms with Crippen LogP contribution in [0.2, 0.25) is 0 Å². The van der Waals surface area contributed by atoms with Crippen molar-refractivity contribution in [3.05, 3.63) is 30.0 Å². The third kappa shape index (κ3) is 3.47. The van der Waals surface area contributed by atoms with Gasteiger partial charge in [0.25, 0.3) is 5.91 Å². The van der Waals surface area contributed by atoms with E-state index < -0.39 is 18.1 Å². The number of alkyl halides is 3. The molecule has 154 valence electrons. The Labute approximate surface area is 164 Å². The molecule has 1 saturated carbocycles. The zero-order chi connectivity index (χ0) is 20.2. The van der Waals surface area contributed by atoms with Gasteiger partial charge >= 0.3 is 6.18 Å². The van der Waals surface area contributed by atoms with Crippen LogP contribution in [0.4, 0.5) is 24.7 Å². The largest absolute Gasteiger partial charge is 0.486 e. The zero-order valence-corrected chi connectivity index (χ0v) is 15.3. The first-order chi connectivity index (χ1) is 13.9. The maximum Gasteiger partial charge on any atom is 0.410 e. The lowest BCUT2D eigenvalue weighted by molar-refractivity contribution is -0.174. The average Bonchev–Trinajstić information content (AvgIpc) is 3.45. The second-order valence-electron chi connectivity index (χ2n) is 7.55. The molecule has 0 saturated heterocycles. The predicted octanol–water partition coefficient (Wildman–Crippen LogP) is 3.60. The van der Waals surface area contributed by atoms with Gasteiger partial charge in [0, 0.05) is 23.9 Å². The van der Waals surface area contributed by atoms with Crippen LogP contribution in [-0.2, 0) is 0 Å². The molecule has 1 aliphatic carbocycles. The molecule has 2 atom stereocenters. The van der Waals surface area contributed by atoms with Crippen LogP contribution in [0.25, 0.3) is 0 Å². The van der Waals surface area contributed by atoms with Crippen LogP contribution in [-0.4, -0.2) is 41.1 Å². The van der Waals surface area contributed by atoms with Gasteiger partial charge in [-0.25, -0.2) is 4.68 Å². The van der Waals surface area contributed by atoms with E-state index in [2.05, 4.69) is 15.7 Å². The van der Waals surface area contributed by atoms with Crippen molar-refractivity contribution in [1.82, 2.24) is 9.78 Å². The van der Waals surface area contributed by atoms with Gasteiger partial charge in [0.05, 0.1) is 0 Å². The van der Waals surface area contributed by atoms with E-state index in [0.717, 1.165) is 17.5 Å². The molecule has 10 heteroatoms. The number of carbonyl (C=O) groups is 1. The van der Waals surface area contributed by atoms with E-state index in [1.165, 1.54) is 6.07 Å². The molecular weight excluding hydrogens is 389 g/mol. The first-order valence-electron chi connectivity index (χ1n) is 9.52. The molecule has 29 heavy (non-hydrogen) atoms. The number of hydrogen-bond donors (Lipinski definition) is 2. The summed E-state index contributed by atoms with van der Waals surface area (Å²) in [5, 5.41) is 9.75. The Hall–Kier alpha value is -2.91. The summed E-state index contributed by atoms with van der Waals surface area (Å²) in [6.07, 6.45) is -2.66. The maximum atomic E-state index is 13.6. The van der Waals surface area contributed by atoms with Gasteiger partial charge in [-0.05, 0) is 37.3 Å². The summed E-state index contributed by atoms with van der Waals surface area (Å²) >= 11 is 0. The number of benzene rings is 1. The highest BCUT2D eigenvalue weighted by Crippen LogP contribution is 2.45. The number of aromatic nitrogens is 2. The Bertz CT molecular complexity index is 955. The van der Waals surface area contributed by atoms with E-state index >= 15 is 0 Å². The molecule has 1 fully saturated rings. The number of fused-ring (bicyclic) bond motifs is 2. The van der Waals surface area contributed by atoms with Gasteiger partial charge in [0.2, 0.25) is 0 Å². The Morgan fingerprint density at radius 3 is 2.66 bits per heavy atom. The van der Waals surface area contributed by atoms with Crippen LogP contribution in [0.1, 0.15) is 35.8 Å². The lowest BCUT2D eigenvalue weighted by Crippen LogP contribution is -2.40. The SMILES string of the molecule is O=C(Nc1ccc2c(c1)OCCO2)c1cc2n(n1)C(C(F)(F)F)CC(C1CC1)N2. The summed E-state index contributed by atoms with van der Waals surface area (Å²) in [4.78, 5) is 12.6. The molecule has 3 heterocycles. The summed E-state index contributed by atoms with van der Waals surface area (Å²) in [5.74, 6) is 0.967. The molecule has 0 bridgehead atoms. The van der Waals surface area contributed by atoms with Crippen LogP contribution < -0.4 is 20.1 Å². The molecular formula is C19H19F3N4O3. The summed E-state index contributed by atoms with van der Waals surface area (Å²) < 4.78 is 52.5.